The van der Waals surface area contributed by atoms with Gasteiger partial charge >= 0.3 is 5.97 Å². The van der Waals surface area contributed by atoms with Gasteiger partial charge in [0.05, 0.1) is 0 Å². The summed E-state index contributed by atoms with van der Waals surface area (Å²) < 4.78 is 5.16. The molecule has 13 heavy (non-hydrogen) atoms. The third-order valence-corrected chi connectivity index (χ3v) is 1.65. The number of aryl methyl sites for hydroxylation is 1. The maximum Gasteiger partial charge on any atom is 0.344 e. The molecule has 0 radical (unpaired) electrons. The van der Waals surface area contributed by atoms with Crippen LogP contribution < -0.4 is 4.74 Å². The molecule has 1 aromatic rings. The van der Waals surface area contributed by atoms with Crippen LogP contribution in [0.4, 0.5) is 0 Å². The number of hydrogen-bond acceptors (Lipinski definition) is 2. The van der Waals surface area contributed by atoms with Gasteiger partial charge in [-0.05, 0) is 31.5 Å². The maximum atomic E-state index is 10.5. The highest BCUT2D eigenvalue weighted by atomic mass is 16.5. The molecule has 0 amide bonds. The second-order valence-corrected chi connectivity index (χ2v) is 2.91. The van der Waals surface area contributed by atoms with Gasteiger partial charge in [0.25, 0.3) is 0 Å². The lowest BCUT2D eigenvalue weighted by Crippen LogP contribution is -2.22. The summed E-state index contributed by atoms with van der Waals surface area (Å²) in [6.45, 7) is 3.43. The normalized spacial score (nSPS) is 12.2. The fourth-order valence-corrected chi connectivity index (χ4v) is 0.943. The molecule has 3 nitrogen and oxygen atoms in total. The van der Waals surface area contributed by atoms with E-state index in [1.807, 2.05) is 19.1 Å². The van der Waals surface area contributed by atoms with E-state index in [0.717, 1.165) is 5.56 Å². The molecular weight excluding hydrogens is 168 g/mol. The van der Waals surface area contributed by atoms with Crippen molar-refractivity contribution in [2.24, 2.45) is 0 Å². The SMILES string of the molecule is Cc1cccc(OC(C)C(=O)O)c1. The van der Waals surface area contributed by atoms with Crippen molar-refractivity contribution in [1.82, 2.24) is 0 Å². The molecule has 0 aliphatic heterocycles. The zero-order chi connectivity index (χ0) is 9.84. The van der Waals surface area contributed by atoms with E-state index in [1.165, 1.54) is 6.92 Å². The van der Waals surface area contributed by atoms with Gasteiger partial charge in [-0.15, -0.1) is 0 Å². The number of hydrogen-bond donors (Lipinski definition) is 1. The van der Waals surface area contributed by atoms with Crippen molar-refractivity contribution >= 4 is 5.97 Å². The Morgan fingerprint density at radius 2 is 2.23 bits per heavy atom. The number of benzene rings is 1. The number of carbonyl (C=O) groups is 1. The van der Waals surface area contributed by atoms with Crippen LogP contribution in [0.1, 0.15) is 12.5 Å². The van der Waals surface area contributed by atoms with Gasteiger partial charge in [0.1, 0.15) is 5.75 Å². The molecule has 1 atom stereocenters. The summed E-state index contributed by atoms with van der Waals surface area (Å²) in [5, 5.41) is 8.59. The number of rotatable bonds is 3. The highest BCUT2D eigenvalue weighted by Crippen LogP contribution is 2.13. The number of carboxylic acid groups (broad SMARTS) is 1. The van der Waals surface area contributed by atoms with E-state index in [2.05, 4.69) is 0 Å². The topological polar surface area (TPSA) is 46.5 Å². The Labute approximate surface area is 77.0 Å². The zero-order valence-corrected chi connectivity index (χ0v) is 7.65. The highest BCUT2D eigenvalue weighted by Gasteiger charge is 2.11. The van der Waals surface area contributed by atoms with Crippen molar-refractivity contribution < 1.29 is 14.6 Å². The van der Waals surface area contributed by atoms with Crippen LogP contribution in [0.2, 0.25) is 0 Å². The van der Waals surface area contributed by atoms with E-state index in [4.69, 9.17) is 9.84 Å². The molecule has 0 saturated carbocycles. The maximum absolute atomic E-state index is 10.5. The van der Waals surface area contributed by atoms with Gasteiger partial charge in [0, 0.05) is 0 Å². The number of ether oxygens (including phenoxy) is 1. The third kappa shape index (κ3) is 2.78. The van der Waals surface area contributed by atoms with Crippen LogP contribution >= 0.6 is 0 Å². The number of carboxylic acids is 1. The van der Waals surface area contributed by atoms with E-state index in [-0.39, 0.29) is 0 Å². The van der Waals surface area contributed by atoms with Crippen molar-refractivity contribution in [3.8, 4) is 5.75 Å². The Hall–Kier alpha value is -1.51. The Balaban J connectivity index is 2.69. The van der Waals surface area contributed by atoms with Crippen LogP contribution in [0.25, 0.3) is 0 Å². The first-order chi connectivity index (χ1) is 6.09. The predicted molar refractivity (Wildman–Crippen MR) is 48.9 cm³/mol. The Bertz CT molecular complexity index is 307. The van der Waals surface area contributed by atoms with Gasteiger partial charge in [-0.25, -0.2) is 4.79 Å². The summed E-state index contributed by atoms with van der Waals surface area (Å²) in [5.41, 5.74) is 1.05. The third-order valence-electron chi connectivity index (χ3n) is 1.65. The molecule has 0 spiro atoms. The van der Waals surface area contributed by atoms with Crippen molar-refractivity contribution in [3.63, 3.8) is 0 Å². The molecule has 0 aliphatic carbocycles. The molecule has 1 unspecified atom stereocenters. The Kier molecular flexibility index (Phi) is 2.90. The minimum atomic E-state index is -0.957. The standard InChI is InChI=1S/C10H12O3/c1-7-4-3-5-9(6-7)13-8(2)10(11)12/h3-6,8H,1-2H3,(H,11,12). The molecule has 0 heterocycles. The lowest BCUT2D eigenvalue weighted by Gasteiger charge is -2.10. The van der Waals surface area contributed by atoms with Gasteiger partial charge in [-0.2, -0.15) is 0 Å². The quantitative estimate of drug-likeness (QED) is 0.772. The molecule has 0 aromatic heterocycles. The van der Waals surface area contributed by atoms with Crippen LogP contribution in [0.3, 0.4) is 0 Å². The minimum Gasteiger partial charge on any atom is -0.479 e. The number of aliphatic carboxylic acids is 1. The average Bonchev–Trinajstić information content (AvgIpc) is 2.04. The van der Waals surface area contributed by atoms with Crippen molar-refractivity contribution in [1.29, 1.82) is 0 Å². The van der Waals surface area contributed by atoms with Gasteiger partial charge in [-0.1, -0.05) is 12.1 Å². The van der Waals surface area contributed by atoms with Crippen molar-refractivity contribution in [2.75, 3.05) is 0 Å². The second kappa shape index (κ2) is 3.94. The lowest BCUT2D eigenvalue weighted by molar-refractivity contribution is -0.144. The second-order valence-electron chi connectivity index (χ2n) is 2.91. The molecule has 0 aliphatic rings. The largest absolute Gasteiger partial charge is 0.479 e. The lowest BCUT2D eigenvalue weighted by atomic mass is 10.2. The molecule has 0 fully saturated rings. The Morgan fingerprint density at radius 3 is 2.77 bits per heavy atom. The predicted octanol–water partition coefficient (Wildman–Crippen LogP) is 1.85. The summed E-state index contributed by atoms with van der Waals surface area (Å²) >= 11 is 0. The van der Waals surface area contributed by atoms with E-state index in [0.29, 0.717) is 5.75 Å². The molecule has 1 rings (SSSR count). The minimum absolute atomic E-state index is 0.593. The zero-order valence-electron chi connectivity index (χ0n) is 7.65. The average molecular weight is 180 g/mol. The van der Waals surface area contributed by atoms with E-state index in [9.17, 15) is 4.79 Å². The monoisotopic (exact) mass is 180 g/mol. The fourth-order valence-electron chi connectivity index (χ4n) is 0.943. The van der Waals surface area contributed by atoms with E-state index < -0.39 is 12.1 Å². The summed E-state index contributed by atoms with van der Waals surface area (Å²) in [4.78, 5) is 10.5. The molecule has 0 saturated heterocycles. The molecule has 1 aromatic carbocycles. The summed E-state index contributed by atoms with van der Waals surface area (Å²) in [6, 6.07) is 7.31. The molecule has 70 valence electrons. The first-order valence-corrected chi connectivity index (χ1v) is 4.05. The highest BCUT2D eigenvalue weighted by molar-refractivity contribution is 5.72. The van der Waals surface area contributed by atoms with Crippen LogP contribution in [0, 0.1) is 6.92 Å². The summed E-state index contributed by atoms with van der Waals surface area (Å²) in [7, 11) is 0. The first kappa shape index (κ1) is 9.58. The fraction of sp³-hybridized carbons (Fsp3) is 0.300. The van der Waals surface area contributed by atoms with Crippen LogP contribution in [0.15, 0.2) is 24.3 Å². The first-order valence-electron chi connectivity index (χ1n) is 4.05. The van der Waals surface area contributed by atoms with E-state index in [1.54, 1.807) is 12.1 Å². The van der Waals surface area contributed by atoms with Crippen molar-refractivity contribution in [2.45, 2.75) is 20.0 Å². The van der Waals surface area contributed by atoms with E-state index >= 15 is 0 Å². The van der Waals surface area contributed by atoms with Crippen LogP contribution in [0.5, 0.6) is 5.75 Å². The summed E-state index contributed by atoms with van der Waals surface area (Å²) in [6.07, 6.45) is -0.804. The smallest absolute Gasteiger partial charge is 0.344 e. The molecule has 1 N–H and O–H groups in total. The van der Waals surface area contributed by atoms with Crippen LogP contribution in [-0.4, -0.2) is 17.2 Å². The van der Waals surface area contributed by atoms with Gasteiger partial charge in [0.2, 0.25) is 0 Å². The molecule has 0 bridgehead atoms. The molecule has 3 heteroatoms. The Morgan fingerprint density at radius 1 is 1.54 bits per heavy atom. The van der Waals surface area contributed by atoms with Gasteiger partial charge < -0.3 is 9.84 Å². The summed E-state index contributed by atoms with van der Waals surface area (Å²) in [5.74, 6) is -0.364. The van der Waals surface area contributed by atoms with Crippen LogP contribution in [-0.2, 0) is 4.79 Å². The molecular formula is C10H12O3. The van der Waals surface area contributed by atoms with Crippen molar-refractivity contribution in [3.05, 3.63) is 29.8 Å². The van der Waals surface area contributed by atoms with Gasteiger partial charge in [0.15, 0.2) is 6.10 Å². The van der Waals surface area contributed by atoms with Gasteiger partial charge in [-0.3, -0.25) is 0 Å².